The van der Waals surface area contributed by atoms with Gasteiger partial charge in [0.25, 0.3) is 0 Å². The van der Waals surface area contributed by atoms with Crippen molar-refractivity contribution in [1.82, 2.24) is 0 Å². The van der Waals surface area contributed by atoms with E-state index in [-0.39, 0.29) is 29.3 Å². The molecule has 0 amide bonds. The summed E-state index contributed by atoms with van der Waals surface area (Å²) in [5, 5.41) is 0. The van der Waals surface area contributed by atoms with Gasteiger partial charge < -0.3 is 4.74 Å². The Morgan fingerprint density at radius 1 is 1.33 bits per heavy atom. The molecule has 1 saturated heterocycles. The molecule has 0 aromatic rings. The van der Waals surface area contributed by atoms with E-state index in [2.05, 4.69) is 13.2 Å². The molecule has 0 bridgehead atoms. The summed E-state index contributed by atoms with van der Waals surface area (Å²) in [7, 11) is 0. The summed E-state index contributed by atoms with van der Waals surface area (Å²) in [5.74, 6) is 0.250. The Bertz CT molecular complexity index is 476. The largest absolute Gasteiger partial charge is 0.458 e. The van der Waals surface area contributed by atoms with Gasteiger partial charge in [-0.25, -0.2) is 4.79 Å². The van der Waals surface area contributed by atoms with Crippen LogP contribution in [0.5, 0.6) is 0 Å². The minimum Gasteiger partial charge on any atom is -0.458 e. The summed E-state index contributed by atoms with van der Waals surface area (Å²) in [4.78, 5) is 23.8. The number of carbonyl (C=O) groups excluding carboxylic acids is 2. The van der Waals surface area contributed by atoms with Gasteiger partial charge in [0.15, 0.2) is 0 Å². The highest BCUT2D eigenvalue weighted by Gasteiger charge is 2.54. The number of ketones is 1. The minimum absolute atomic E-state index is 0.00806. The van der Waals surface area contributed by atoms with Crippen LogP contribution in [-0.4, -0.2) is 17.9 Å². The molecule has 3 heteroatoms. The number of fused-ring (bicyclic) bond motifs is 2. The second-order valence-corrected chi connectivity index (χ2v) is 6.07. The van der Waals surface area contributed by atoms with Crippen LogP contribution < -0.4 is 0 Å². The Labute approximate surface area is 107 Å². The van der Waals surface area contributed by atoms with Crippen LogP contribution in [0, 0.1) is 17.3 Å². The molecule has 0 unspecified atom stereocenters. The van der Waals surface area contributed by atoms with Gasteiger partial charge in [0.2, 0.25) is 0 Å². The average Bonchev–Trinajstić information content (AvgIpc) is 2.69. The Balaban J connectivity index is 2.01. The van der Waals surface area contributed by atoms with Crippen molar-refractivity contribution in [3.63, 3.8) is 0 Å². The molecule has 0 aromatic carbocycles. The van der Waals surface area contributed by atoms with Crippen molar-refractivity contribution < 1.29 is 14.3 Å². The third-order valence-electron chi connectivity index (χ3n) is 5.08. The smallest absolute Gasteiger partial charge is 0.334 e. The zero-order valence-corrected chi connectivity index (χ0v) is 10.7. The van der Waals surface area contributed by atoms with Crippen molar-refractivity contribution in [2.45, 2.75) is 38.7 Å². The normalized spacial score (nSPS) is 43.5. The van der Waals surface area contributed by atoms with Gasteiger partial charge in [-0.05, 0) is 18.8 Å². The van der Waals surface area contributed by atoms with Crippen molar-refractivity contribution in [2.75, 3.05) is 0 Å². The molecule has 3 nitrogen and oxygen atoms in total. The molecule has 18 heavy (non-hydrogen) atoms. The second kappa shape index (κ2) is 3.56. The molecule has 4 atom stereocenters. The summed E-state index contributed by atoms with van der Waals surface area (Å²) in [6.07, 6.45) is 2.76. The van der Waals surface area contributed by atoms with Crippen LogP contribution >= 0.6 is 0 Å². The quantitative estimate of drug-likeness (QED) is 0.374. The first-order valence-electron chi connectivity index (χ1n) is 6.54. The topological polar surface area (TPSA) is 43.4 Å². The van der Waals surface area contributed by atoms with Crippen LogP contribution in [0.2, 0.25) is 0 Å². The van der Waals surface area contributed by atoms with Gasteiger partial charge >= 0.3 is 5.97 Å². The van der Waals surface area contributed by atoms with Crippen LogP contribution in [0.1, 0.15) is 32.6 Å². The lowest BCUT2D eigenvalue weighted by atomic mass is 9.71. The van der Waals surface area contributed by atoms with Gasteiger partial charge in [-0.3, -0.25) is 4.79 Å². The van der Waals surface area contributed by atoms with E-state index < -0.39 is 0 Å². The fraction of sp³-hybridized carbons (Fsp3) is 0.600. The van der Waals surface area contributed by atoms with Gasteiger partial charge in [-0.1, -0.05) is 25.7 Å². The lowest BCUT2D eigenvalue weighted by molar-refractivity contribution is -0.139. The van der Waals surface area contributed by atoms with E-state index in [1.807, 2.05) is 6.92 Å². The number of esters is 1. The summed E-state index contributed by atoms with van der Waals surface area (Å²) < 4.78 is 5.36. The highest BCUT2D eigenvalue weighted by molar-refractivity contribution is 5.92. The summed E-state index contributed by atoms with van der Waals surface area (Å²) in [5.41, 5.74) is 1.24. The van der Waals surface area contributed by atoms with Crippen molar-refractivity contribution >= 4 is 11.8 Å². The second-order valence-electron chi connectivity index (χ2n) is 6.07. The lowest BCUT2D eigenvalue weighted by Crippen LogP contribution is -2.31. The predicted octanol–water partition coefficient (Wildman–Crippen LogP) is 2.42. The van der Waals surface area contributed by atoms with E-state index in [0.29, 0.717) is 30.6 Å². The van der Waals surface area contributed by atoms with E-state index in [4.69, 9.17) is 4.74 Å². The molecule has 0 aromatic heterocycles. The fourth-order valence-electron chi connectivity index (χ4n) is 3.95. The number of rotatable bonds is 0. The van der Waals surface area contributed by atoms with E-state index in [1.54, 1.807) is 0 Å². The SMILES string of the molecule is C=C1C(=O)O[C@@H]2CC(=C)[C@@H]3CCC(=O)[C@@]3(C)C[C@@H]12. The first-order valence-corrected chi connectivity index (χ1v) is 6.54. The third-order valence-corrected chi connectivity index (χ3v) is 5.08. The molecule has 3 fully saturated rings. The van der Waals surface area contributed by atoms with Crippen molar-refractivity contribution in [1.29, 1.82) is 0 Å². The molecular weight excluding hydrogens is 228 g/mol. The van der Waals surface area contributed by atoms with Crippen molar-refractivity contribution in [3.05, 3.63) is 24.3 Å². The standard InChI is InChI=1S/C15H18O3/c1-8-6-12-10(9(2)14(17)18-12)7-15(3)11(8)4-5-13(15)16/h10-12H,1-2,4-7H2,3H3/t10-,11-,12+,15-/m0/s1. The number of hydrogen-bond acceptors (Lipinski definition) is 3. The Hall–Kier alpha value is -1.38. The van der Waals surface area contributed by atoms with Crippen LogP contribution in [-0.2, 0) is 14.3 Å². The van der Waals surface area contributed by atoms with E-state index in [1.165, 1.54) is 0 Å². The molecule has 3 rings (SSSR count). The maximum absolute atomic E-state index is 12.2. The van der Waals surface area contributed by atoms with Crippen LogP contribution in [0.15, 0.2) is 24.3 Å². The van der Waals surface area contributed by atoms with E-state index in [9.17, 15) is 9.59 Å². The van der Waals surface area contributed by atoms with E-state index in [0.717, 1.165) is 12.0 Å². The van der Waals surface area contributed by atoms with Gasteiger partial charge in [-0.2, -0.15) is 0 Å². The number of Topliss-reactive ketones (excluding diaryl/α,β-unsaturated/α-hetero) is 1. The molecule has 1 aliphatic heterocycles. The molecule has 1 heterocycles. The molecule has 0 spiro atoms. The first-order chi connectivity index (χ1) is 8.43. The van der Waals surface area contributed by atoms with Gasteiger partial charge in [0, 0.05) is 29.7 Å². The van der Waals surface area contributed by atoms with Crippen LogP contribution in [0.25, 0.3) is 0 Å². The summed E-state index contributed by atoms with van der Waals surface area (Å²) in [6, 6.07) is 0. The average molecular weight is 246 g/mol. The third kappa shape index (κ3) is 1.36. The summed E-state index contributed by atoms with van der Waals surface area (Å²) >= 11 is 0. The minimum atomic E-state index is -0.368. The maximum atomic E-state index is 12.2. The van der Waals surface area contributed by atoms with Crippen LogP contribution in [0.3, 0.4) is 0 Å². The van der Waals surface area contributed by atoms with E-state index >= 15 is 0 Å². The molecule has 0 radical (unpaired) electrons. The maximum Gasteiger partial charge on any atom is 0.334 e. The zero-order chi connectivity index (χ0) is 13.1. The van der Waals surface area contributed by atoms with Gasteiger partial charge in [-0.15, -0.1) is 0 Å². The Kier molecular flexibility index (Phi) is 2.31. The summed E-state index contributed by atoms with van der Waals surface area (Å²) in [6.45, 7) is 10.00. The van der Waals surface area contributed by atoms with Crippen molar-refractivity contribution in [3.8, 4) is 0 Å². The molecule has 2 saturated carbocycles. The molecule has 3 aliphatic rings. The molecule has 96 valence electrons. The highest BCUT2D eigenvalue weighted by Crippen LogP contribution is 2.54. The predicted molar refractivity (Wildman–Crippen MR) is 66.7 cm³/mol. The molecule has 0 N–H and O–H groups in total. The Morgan fingerprint density at radius 3 is 2.78 bits per heavy atom. The fourth-order valence-corrected chi connectivity index (χ4v) is 3.95. The Morgan fingerprint density at radius 2 is 2.06 bits per heavy atom. The number of carbonyl (C=O) groups is 2. The highest BCUT2D eigenvalue weighted by atomic mass is 16.6. The number of ether oxygens (including phenoxy) is 1. The molecule has 2 aliphatic carbocycles. The first kappa shape index (κ1) is 11.7. The van der Waals surface area contributed by atoms with Gasteiger partial charge in [0.1, 0.15) is 11.9 Å². The van der Waals surface area contributed by atoms with Crippen LogP contribution in [0.4, 0.5) is 0 Å². The monoisotopic (exact) mass is 246 g/mol. The van der Waals surface area contributed by atoms with Gasteiger partial charge in [0.05, 0.1) is 0 Å². The molecular formula is C15H18O3. The zero-order valence-electron chi connectivity index (χ0n) is 10.7. The van der Waals surface area contributed by atoms with Crippen molar-refractivity contribution in [2.24, 2.45) is 17.3 Å². The lowest BCUT2D eigenvalue weighted by Gasteiger charge is -2.30. The number of hydrogen-bond donors (Lipinski definition) is 0.